The van der Waals surface area contributed by atoms with Gasteiger partial charge in [-0.1, -0.05) is 17.3 Å². The number of hydrogen-bond acceptors (Lipinski definition) is 5. The predicted octanol–water partition coefficient (Wildman–Crippen LogP) is 2.16. The van der Waals surface area contributed by atoms with E-state index in [0.717, 1.165) is 5.39 Å². The second kappa shape index (κ2) is 7.31. The van der Waals surface area contributed by atoms with Crippen LogP contribution in [-0.4, -0.2) is 26.5 Å². The molecule has 0 aliphatic carbocycles. The Kier molecular flexibility index (Phi) is 4.55. The minimum absolute atomic E-state index is 0.0610. The Morgan fingerprint density at radius 1 is 1.07 bits per heavy atom. The molecule has 2 aromatic heterocycles. The van der Waals surface area contributed by atoms with Gasteiger partial charge in [-0.15, -0.1) is 0 Å². The molecule has 140 valence electrons. The summed E-state index contributed by atoms with van der Waals surface area (Å²) >= 11 is 0. The van der Waals surface area contributed by atoms with Gasteiger partial charge in [-0.2, -0.15) is 0 Å². The maximum atomic E-state index is 13.1. The van der Waals surface area contributed by atoms with E-state index in [-0.39, 0.29) is 17.9 Å². The molecule has 0 saturated carbocycles. The summed E-state index contributed by atoms with van der Waals surface area (Å²) in [6.45, 7) is 0. The molecule has 0 fully saturated rings. The topological polar surface area (TPSA) is 102 Å². The number of imidazole rings is 1. The lowest BCUT2D eigenvalue weighted by Gasteiger charge is -2.09. The number of halogens is 1. The van der Waals surface area contributed by atoms with Crippen molar-refractivity contribution < 1.29 is 18.5 Å². The van der Waals surface area contributed by atoms with Gasteiger partial charge in [0, 0.05) is 11.1 Å². The minimum atomic E-state index is -0.569. The largest absolute Gasteiger partial charge is 0.356 e. The van der Waals surface area contributed by atoms with Gasteiger partial charge in [-0.05, 0) is 36.4 Å². The number of aromatic nitrogens is 3. The van der Waals surface area contributed by atoms with Gasteiger partial charge in [-0.25, -0.2) is 9.37 Å². The number of benzene rings is 2. The van der Waals surface area contributed by atoms with Gasteiger partial charge in [0.25, 0.3) is 5.91 Å². The zero-order valence-electron chi connectivity index (χ0n) is 14.4. The summed E-state index contributed by atoms with van der Waals surface area (Å²) in [6, 6.07) is 12.8. The van der Waals surface area contributed by atoms with Crippen LogP contribution in [0.4, 0.5) is 4.39 Å². The molecule has 4 rings (SSSR count). The Morgan fingerprint density at radius 3 is 2.68 bits per heavy atom. The van der Waals surface area contributed by atoms with Gasteiger partial charge in [0.2, 0.25) is 5.91 Å². The standard InChI is InChI=1S/C19H14FN5O3/c20-12-5-7-13(8-6-12)25-11-21-10-16(25)19(27)23-22-18(26)9-15-14-3-1-2-4-17(14)28-24-15/h1-8,10-11H,9H2,(H,22,26)(H,23,27). The molecule has 0 aliphatic rings. The normalized spacial score (nSPS) is 10.8. The summed E-state index contributed by atoms with van der Waals surface area (Å²) in [7, 11) is 0. The molecule has 2 aromatic carbocycles. The first kappa shape index (κ1) is 17.4. The highest BCUT2D eigenvalue weighted by atomic mass is 19.1. The Balaban J connectivity index is 1.41. The van der Waals surface area contributed by atoms with Crippen molar-refractivity contribution in [3.63, 3.8) is 0 Å². The maximum Gasteiger partial charge on any atom is 0.288 e. The third-order valence-corrected chi connectivity index (χ3v) is 4.07. The summed E-state index contributed by atoms with van der Waals surface area (Å²) in [5, 5.41) is 4.61. The molecular formula is C19H14FN5O3. The number of hydrazine groups is 1. The fourth-order valence-electron chi connectivity index (χ4n) is 2.72. The van der Waals surface area contributed by atoms with Crippen molar-refractivity contribution in [2.45, 2.75) is 6.42 Å². The average Bonchev–Trinajstić information content (AvgIpc) is 3.35. The number of carbonyl (C=O) groups excluding carboxylic acids is 2. The fourth-order valence-corrected chi connectivity index (χ4v) is 2.72. The van der Waals surface area contributed by atoms with E-state index < -0.39 is 11.8 Å². The molecule has 4 aromatic rings. The van der Waals surface area contributed by atoms with E-state index in [1.165, 1.54) is 41.4 Å². The smallest absolute Gasteiger partial charge is 0.288 e. The highest BCUT2D eigenvalue weighted by Crippen LogP contribution is 2.18. The van der Waals surface area contributed by atoms with Crippen LogP contribution in [0.5, 0.6) is 0 Å². The third-order valence-electron chi connectivity index (χ3n) is 4.07. The van der Waals surface area contributed by atoms with Crippen molar-refractivity contribution in [3.05, 3.63) is 78.3 Å². The van der Waals surface area contributed by atoms with Gasteiger partial charge < -0.3 is 4.52 Å². The number of nitrogens with zero attached hydrogens (tertiary/aromatic N) is 3. The summed E-state index contributed by atoms with van der Waals surface area (Å²) in [4.78, 5) is 28.5. The van der Waals surface area contributed by atoms with Gasteiger partial charge in [0.15, 0.2) is 5.58 Å². The minimum Gasteiger partial charge on any atom is -0.356 e. The van der Waals surface area contributed by atoms with Crippen LogP contribution < -0.4 is 10.9 Å². The summed E-state index contributed by atoms with van der Waals surface area (Å²) in [5.74, 6) is -1.41. The number of amides is 2. The van der Waals surface area contributed by atoms with E-state index in [2.05, 4.69) is 21.0 Å². The van der Waals surface area contributed by atoms with Gasteiger partial charge >= 0.3 is 0 Å². The molecule has 0 unspecified atom stereocenters. The van der Waals surface area contributed by atoms with Crippen LogP contribution in [0.1, 0.15) is 16.2 Å². The predicted molar refractivity (Wildman–Crippen MR) is 96.8 cm³/mol. The second-order valence-electron chi connectivity index (χ2n) is 5.93. The molecule has 2 heterocycles. The fraction of sp³-hybridized carbons (Fsp3) is 0.0526. The van der Waals surface area contributed by atoms with Crippen LogP contribution in [0, 0.1) is 5.82 Å². The van der Waals surface area contributed by atoms with E-state index >= 15 is 0 Å². The Labute approximate surface area is 157 Å². The molecule has 9 heteroatoms. The van der Waals surface area contributed by atoms with Crippen molar-refractivity contribution in [2.24, 2.45) is 0 Å². The van der Waals surface area contributed by atoms with Crippen molar-refractivity contribution in [2.75, 3.05) is 0 Å². The van der Waals surface area contributed by atoms with Crippen molar-refractivity contribution >= 4 is 22.8 Å². The Morgan fingerprint density at radius 2 is 1.86 bits per heavy atom. The van der Waals surface area contributed by atoms with Crippen LogP contribution in [0.3, 0.4) is 0 Å². The average molecular weight is 379 g/mol. The SMILES string of the molecule is O=C(Cc1noc2ccccc12)NNC(=O)c1cncn1-c1ccc(F)cc1. The van der Waals surface area contributed by atoms with E-state index in [1.54, 1.807) is 12.1 Å². The molecule has 28 heavy (non-hydrogen) atoms. The van der Waals surface area contributed by atoms with Crippen molar-refractivity contribution in [1.29, 1.82) is 0 Å². The molecule has 0 spiro atoms. The molecule has 0 aliphatic heterocycles. The number of rotatable bonds is 4. The highest BCUT2D eigenvalue weighted by molar-refractivity contribution is 5.95. The molecule has 0 bridgehead atoms. The third kappa shape index (κ3) is 3.45. The molecule has 2 amide bonds. The summed E-state index contributed by atoms with van der Waals surface area (Å²) < 4.78 is 19.7. The Bertz CT molecular complexity index is 1150. The van der Waals surface area contributed by atoms with Crippen LogP contribution in [0.15, 0.2) is 65.6 Å². The number of hydrogen-bond donors (Lipinski definition) is 2. The van der Waals surface area contributed by atoms with Gasteiger partial charge in [-0.3, -0.25) is 25.0 Å². The van der Waals surface area contributed by atoms with E-state index in [0.29, 0.717) is 17.0 Å². The first-order valence-corrected chi connectivity index (χ1v) is 8.32. The molecule has 0 atom stereocenters. The van der Waals surface area contributed by atoms with Gasteiger partial charge in [0.05, 0.1) is 18.9 Å². The zero-order valence-corrected chi connectivity index (χ0v) is 14.4. The molecule has 0 saturated heterocycles. The number of fused-ring (bicyclic) bond motifs is 1. The zero-order chi connectivity index (χ0) is 19.5. The summed E-state index contributed by atoms with van der Waals surface area (Å²) in [5.41, 5.74) is 6.47. The van der Waals surface area contributed by atoms with Crippen molar-refractivity contribution in [3.8, 4) is 5.69 Å². The number of nitrogens with one attached hydrogen (secondary N) is 2. The molecule has 2 N–H and O–H groups in total. The second-order valence-corrected chi connectivity index (χ2v) is 5.93. The number of para-hydroxylation sites is 1. The number of carbonyl (C=O) groups is 2. The lowest BCUT2D eigenvalue weighted by Crippen LogP contribution is -2.43. The molecule has 8 nitrogen and oxygen atoms in total. The van der Waals surface area contributed by atoms with Crippen LogP contribution in [-0.2, 0) is 11.2 Å². The lowest BCUT2D eigenvalue weighted by molar-refractivity contribution is -0.121. The first-order valence-electron chi connectivity index (χ1n) is 8.32. The van der Waals surface area contributed by atoms with E-state index in [4.69, 9.17) is 4.52 Å². The van der Waals surface area contributed by atoms with E-state index in [9.17, 15) is 14.0 Å². The molecular weight excluding hydrogens is 365 g/mol. The Hall–Kier alpha value is -4.01. The van der Waals surface area contributed by atoms with Crippen molar-refractivity contribution in [1.82, 2.24) is 25.6 Å². The highest BCUT2D eigenvalue weighted by Gasteiger charge is 2.16. The van der Waals surface area contributed by atoms with Crippen LogP contribution in [0.2, 0.25) is 0 Å². The lowest BCUT2D eigenvalue weighted by atomic mass is 10.2. The van der Waals surface area contributed by atoms with Crippen LogP contribution >= 0.6 is 0 Å². The molecule has 0 radical (unpaired) electrons. The van der Waals surface area contributed by atoms with Crippen LogP contribution in [0.25, 0.3) is 16.7 Å². The first-order chi connectivity index (χ1) is 13.6. The van der Waals surface area contributed by atoms with E-state index in [1.807, 2.05) is 12.1 Å². The quantitative estimate of drug-likeness (QED) is 0.529. The van der Waals surface area contributed by atoms with Gasteiger partial charge in [0.1, 0.15) is 17.2 Å². The summed E-state index contributed by atoms with van der Waals surface area (Å²) in [6.07, 6.45) is 2.70. The monoisotopic (exact) mass is 379 g/mol. The maximum absolute atomic E-state index is 13.1.